The van der Waals surface area contributed by atoms with Gasteiger partial charge in [0.1, 0.15) is 5.92 Å². The SMILES string of the molecule is COC(=O)C(/C=N/Nc1ncc(C(F)(F)F)cc1Cl)c1cn(-c2ncc(C(F)(F)F)cc2Cl)c2ccccc12. The van der Waals surface area contributed by atoms with Gasteiger partial charge in [0, 0.05) is 30.2 Å². The number of halogens is 8. The number of esters is 1. The number of hydrazone groups is 1. The number of hydrogen-bond acceptors (Lipinski definition) is 6. The number of carbonyl (C=O) groups excluding carboxylic acids is 1. The molecule has 3 aromatic heterocycles. The van der Waals surface area contributed by atoms with E-state index in [1.54, 1.807) is 24.3 Å². The summed E-state index contributed by atoms with van der Waals surface area (Å²) in [7, 11) is 1.14. The van der Waals surface area contributed by atoms with E-state index in [1.807, 2.05) is 0 Å². The van der Waals surface area contributed by atoms with Gasteiger partial charge in [-0.2, -0.15) is 31.4 Å². The normalized spacial score (nSPS) is 13.2. The molecule has 0 aliphatic heterocycles. The molecule has 1 unspecified atom stereocenters. The number of aromatic nitrogens is 3. The third-order valence-corrected chi connectivity index (χ3v) is 6.04. The summed E-state index contributed by atoms with van der Waals surface area (Å²) in [4.78, 5) is 20.2. The van der Waals surface area contributed by atoms with Gasteiger partial charge in [-0.3, -0.25) is 14.8 Å². The van der Waals surface area contributed by atoms with Crippen LogP contribution in [0.25, 0.3) is 16.7 Å². The Morgan fingerprint density at radius 2 is 1.64 bits per heavy atom. The molecule has 0 bridgehead atoms. The molecule has 0 radical (unpaired) electrons. The molecule has 1 aromatic carbocycles. The smallest absolute Gasteiger partial charge is 0.417 e. The van der Waals surface area contributed by atoms with Crippen molar-refractivity contribution in [3.05, 3.63) is 81.7 Å². The lowest BCUT2D eigenvalue weighted by Crippen LogP contribution is -2.16. The van der Waals surface area contributed by atoms with Crippen molar-refractivity contribution in [3.8, 4) is 5.82 Å². The first-order chi connectivity index (χ1) is 18.3. The van der Waals surface area contributed by atoms with Crippen LogP contribution < -0.4 is 5.43 Å². The highest BCUT2D eigenvalue weighted by molar-refractivity contribution is 6.33. The molecule has 0 saturated heterocycles. The van der Waals surface area contributed by atoms with Crippen molar-refractivity contribution in [2.75, 3.05) is 12.5 Å². The van der Waals surface area contributed by atoms with Gasteiger partial charge in [-0.05, 0) is 23.8 Å². The zero-order chi connectivity index (χ0) is 28.5. The van der Waals surface area contributed by atoms with Crippen molar-refractivity contribution in [3.63, 3.8) is 0 Å². The lowest BCUT2D eigenvalue weighted by Gasteiger charge is -2.11. The van der Waals surface area contributed by atoms with Crippen LogP contribution >= 0.6 is 23.2 Å². The maximum Gasteiger partial charge on any atom is 0.417 e. The van der Waals surface area contributed by atoms with Crippen molar-refractivity contribution >= 4 is 52.1 Å². The Bertz CT molecular complexity index is 1570. The fourth-order valence-electron chi connectivity index (χ4n) is 3.64. The number of nitrogens with one attached hydrogen (secondary N) is 1. The molecule has 204 valence electrons. The second-order valence-corrected chi connectivity index (χ2v) is 8.76. The number of methoxy groups -OCH3 is 1. The lowest BCUT2D eigenvalue weighted by atomic mass is 10.00. The quantitative estimate of drug-likeness (QED) is 0.112. The molecule has 0 saturated carbocycles. The van der Waals surface area contributed by atoms with Crippen LogP contribution in [0.1, 0.15) is 22.6 Å². The second-order valence-electron chi connectivity index (χ2n) is 7.94. The predicted molar refractivity (Wildman–Crippen MR) is 132 cm³/mol. The fourth-order valence-corrected chi connectivity index (χ4v) is 4.10. The summed E-state index contributed by atoms with van der Waals surface area (Å²) in [5.74, 6) is -2.16. The van der Waals surface area contributed by atoms with E-state index < -0.39 is 35.4 Å². The fraction of sp³-hybridized carbons (Fsp3) is 0.167. The molecule has 0 spiro atoms. The van der Waals surface area contributed by atoms with Gasteiger partial charge in [-0.1, -0.05) is 41.4 Å². The van der Waals surface area contributed by atoms with Crippen LogP contribution in [0.3, 0.4) is 0 Å². The maximum atomic E-state index is 13.1. The highest BCUT2D eigenvalue weighted by Crippen LogP contribution is 2.36. The van der Waals surface area contributed by atoms with Gasteiger partial charge in [0.05, 0.1) is 33.8 Å². The molecule has 0 fully saturated rings. The Labute approximate surface area is 226 Å². The number of benzene rings is 1. The van der Waals surface area contributed by atoms with Gasteiger partial charge in [0.2, 0.25) is 0 Å². The van der Waals surface area contributed by atoms with Gasteiger partial charge < -0.3 is 4.74 Å². The van der Waals surface area contributed by atoms with Crippen molar-refractivity contribution in [1.29, 1.82) is 0 Å². The Hall–Kier alpha value is -3.84. The molecule has 39 heavy (non-hydrogen) atoms. The molecule has 0 aliphatic carbocycles. The molecule has 1 N–H and O–H groups in total. The van der Waals surface area contributed by atoms with Crippen LogP contribution in [0.4, 0.5) is 32.2 Å². The summed E-state index contributed by atoms with van der Waals surface area (Å²) in [6, 6.07) is 8.05. The molecule has 4 aromatic rings. The maximum absolute atomic E-state index is 13.1. The number of hydrogen-bond donors (Lipinski definition) is 1. The lowest BCUT2D eigenvalue weighted by molar-refractivity contribution is -0.140. The second kappa shape index (κ2) is 10.7. The summed E-state index contributed by atoms with van der Waals surface area (Å²) in [5, 5.41) is 3.76. The van der Waals surface area contributed by atoms with Gasteiger partial charge in [-0.15, -0.1) is 0 Å². The molecule has 3 heterocycles. The highest BCUT2D eigenvalue weighted by Gasteiger charge is 2.33. The minimum Gasteiger partial charge on any atom is -0.468 e. The molecule has 0 amide bonds. The van der Waals surface area contributed by atoms with Crippen LogP contribution in [-0.4, -0.2) is 33.8 Å². The van der Waals surface area contributed by atoms with Crippen LogP contribution in [0.2, 0.25) is 10.0 Å². The largest absolute Gasteiger partial charge is 0.468 e. The predicted octanol–water partition coefficient (Wildman–Crippen LogP) is 7.12. The van der Waals surface area contributed by atoms with Crippen molar-refractivity contribution in [1.82, 2.24) is 14.5 Å². The molecule has 7 nitrogen and oxygen atoms in total. The molecule has 4 rings (SSSR count). The summed E-state index contributed by atoms with van der Waals surface area (Å²) in [6.07, 6.45) is -5.52. The first-order valence-electron chi connectivity index (χ1n) is 10.7. The molecular formula is C24H15Cl2F6N5O2. The first kappa shape index (κ1) is 28.2. The molecular weight excluding hydrogens is 575 g/mol. The van der Waals surface area contributed by atoms with Crippen LogP contribution in [0.5, 0.6) is 0 Å². The van der Waals surface area contributed by atoms with Gasteiger partial charge >= 0.3 is 18.3 Å². The van der Waals surface area contributed by atoms with E-state index in [1.165, 1.54) is 10.8 Å². The number of para-hydroxylation sites is 1. The number of rotatable bonds is 6. The van der Waals surface area contributed by atoms with Gasteiger partial charge in [0.25, 0.3) is 0 Å². The van der Waals surface area contributed by atoms with Gasteiger partial charge in [-0.25, -0.2) is 9.97 Å². The number of fused-ring (bicyclic) bond motifs is 1. The Morgan fingerprint density at radius 1 is 1.03 bits per heavy atom. The number of pyridine rings is 2. The van der Waals surface area contributed by atoms with Crippen molar-refractivity contribution in [2.24, 2.45) is 5.10 Å². The van der Waals surface area contributed by atoms with Crippen LogP contribution in [0, 0.1) is 0 Å². The number of nitrogens with zero attached hydrogens (tertiary/aromatic N) is 4. The van der Waals surface area contributed by atoms with Crippen molar-refractivity contribution < 1.29 is 35.9 Å². The molecule has 1 atom stereocenters. The zero-order valence-corrected chi connectivity index (χ0v) is 21.0. The third-order valence-electron chi connectivity index (χ3n) is 5.47. The Balaban J connectivity index is 1.73. The number of ether oxygens (including phenoxy) is 1. The topological polar surface area (TPSA) is 81.4 Å². The van der Waals surface area contributed by atoms with Crippen LogP contribution in [0.15, 0.2) is 60.1 Å². The van der Waals surface area contributed by atoms with E-state index in [2.05, 4.69) is 20.5 Å². The van der Waals surface area contributed by atoms with Crippen LogP contribution in [-0.2, 0) is 21.9 Å². The average Bonchev–Trinajstić information content (AvgIpc) is 3.25. The third kappa shape index (κ3) is 5.93. The monoisotopic (exact) mass is 589 g/mol. The number of carbonyl (C=O) groups is 1. The Kier molecular flexibility index (Phi) is 7.75. The minimum absolute atomic E-state index is 0.0217. The van der Waals surface area contributed by atoms with E-state index in [-0.39, 0.29) is 21.7 Å². The summed E-state index contributed by atoms with van der Waals surface area (Å²) in [5.41, 5.74) is 1.09. The molecule has 0 aliphatic rings. The average molecular weight is 590 g/mol. The standard InChI is InChI=1S/C24H15Cl2F6N5O2/c1-39-22(38)15(10-35-36-20-17(25)6-12(8-33-20)23(27,28)29)16-11-37(19-5-3-2-4-14(16)19)21-18(26)7-13(9-34-21)24(30,31)32/h2-11,15H,1H3,(H,33,36)/b35-10+. The number of anilines is 1. The van der Waals surface area contributed by atoms with Crippen molar-refractivity contribution in [2.45, 2.75) is 18.3 Å². The zero-order valence-electron chi connectivity index (χ0n) is 19.5. The highest BCUT2D eigenvalue weighted by atomic mass is 35.5. The van der Waals surface area contributed by atoms with Gasteiger partial charge in [0.15, 0.2) is 11.6 Å². The van der Waals surface area contributed by atoms with E-state index in [0.717, 1.165) is 19.4 Å². The molecule has 15 heteroatoms. The van der Waals surface area contributed by atoms with E-state index in [0.29, 0.717) is 34.9 Å². The van der Waals surface area contributed by atoms with E-state index >= 15 is 0 Å². The Morgan fingerprint density at radius 3 is 2.23 bits per heavy atom. The summed E-state index contributed by atoms with van der Waals surface area (Å²) < 4.78 is 84.1. The first-order valence-corrected chi connectivity index (χ1v) is 11.5. The van der Waals surface area contributed by atoms with E-state index in [9.17, 15) is 31.1 Å². The minimum atomic E-state index is -4.65. The summed E-state index contributed by atoms with van der Waals surface area (Å²) in [6.45, 7) is 0. The van der Waals surface area contributed by atoms with E-state index in [4.69, 9.17) is 27.9 Å². The summed E-state index contributed by atoms with van der Waals surface area (Å²) >= 11 is 12.0. The number of alkyl halides is 6.